The van der Waals surface area contributed by atoms with Crippen molar-refractivity contribution >= 4 is 5.69 Å². The number of pyridine rings is 1. The first kappa shape index (κ1) is 13.3. The summed E-state index contributed by atoms with van der Waals surface area (Å²) in [7, 11) is 0. The monoisotopic (exact) mass is 260 g/mol. The number of hydrogen-bond acceptors (Lipinski definition) is 3. The maximum atomic E-state index is 13.4. The van der Waals surface area contributed by atoms with E-state index < -0.39 is 0 Å². The predicted molar refractivity (Wildman–Crippen MR) is 73.6 cm³/mol. The lowest BCUT2D eigenvalue weighted by atomic mass is 10.1. The second kappa shape index (κ2) is 5.26. The van der Waals surface area contributed by atoms with Gasteiger partial charge in [-0.05, 0) is 43.5 Å². The molecule has 0 radical (unpaired) electrons. The van der Waals surface area contributed by atoms with E-state index in [9.17, 15) is 4.39 Å². The number of aromatic nitrogens is 1. The number of hydrogen-bond donors (Lipinski definition) is 1. The highest BCUT2D eigenvalue weighted by Crippen LogP contribution is 2.21. The Morgan fingerprint density at radius 1 is 1.21 bits per heavy atom. The topological polar surface area (TPSA) is 48.1 Å². The average molecular weight is 260 g/mol. The fourth-order valence-electron chi connectivity index (χ4n) is 1.75. The minimum absolute atomic E-state index is 0.273. The third-order valence-corrected chi connectivity index (χ3v) is 3.19. The SMILES string of the molecule is Cc1ccc(OCc2ncc(C)c(N)c2C)cc1F. The Morgan fingerprint density at radius 3 is 2.63 bits per heavy atom. The first-order chi connectivity index (χ1) is 8.99. The van der Waals surface area contributed by atoms with Crippen LogP contribution in [0.25, 0.3) is 0 Å². The molecule has 3 nitrogen and oxygen atoms in total. The van der Waals surface area contributed by atoms with Gasteiger partial charge in [0.1, 0.15) is 18.2 Å². The van der Waals surface area contributed by atoms with Crippen LogP contribution in [0.5, 0.6) is 5.75 Å². The molecular formula is C15H17FN2O. The van der Waals surface area contributed by atoms with E-state index in [0.717, 1.165) is 22.5 Å². The Hall–Kier alpha value is -2.10. The second-order valence-corrected chi connectivity index (χ2v) is 4.63. The van der Waals surface area contributed by atoms with Crippen molar-refractivity contribution < 1.29 is 9.13 Å². The first-order valence-electron chi connectivity index (χ1n) is 6.08. The van der Waals surface area contributed by atoms with Gasteiger partial charge in [-0.3, -0.25) is 4.98 Å². The number of nitrogens with two attached hydrogens (primary N) is 1. The molecule has 0 saturated heterocycles. The van der Waals surface area contributed by atoms with Gasteiger partial charge in [-0.1, -0.05) is 6.07 Å². The van der Waals surface area contributed by atoms with Gasteiger partial charge in [-0.2, -0.15) is 0 Å². The maximum absolute atomic E-state index is 13.4. The molecule has 0 fully saturated rings. The zero-order valence-electron chi connectivity index (χ0n) is 11.3. The fraction of sp³-hybridized carbons (Fsp3) is 0.267. The van der Waals surface area contributed by atoms with Crippen molar-refractivity contribution in [1.29, 1.82) is 0 Å². The van der Waals surface area contributed by atoms with Crippen molar-refractivity contribution in [2.45, 2.75) is 27.4 Å². The van der Waals surface area contributed by atoms with E-state index in [4.69, 9.17) is 10.5 Å². The molecule has 19 heavy (non-hydrogen) atoms. The Morgan fingerprint density at radius 2 is 1.95 bits per heavy atom. The summed E-state index contributed by atoms with van der Waals surface area (Å²) in [5.74, 6) is 0.217. The summed E-state index contributed by atoms with van der Waals surface area (Å²) in [4.78, 5) is 4.29. The van der Waals surface area contributed by atoms with Gasteiger partial charge in [-0.25, -0.2) is 4.39 Å². The molecule has 0 aliphatic rings. The number of aryl methyl sites for hydroxylation is 2. The molecule has 1 aromatic carbocycles. The molecule has 2 rings (SSSR count). The number of nitrogens with zero attached hydrogens (tertiary/aromatic N) is 1. The molecule has 4 heteroatoms. The Kier molecular flexibility index (Phi) is 3.69. The van der Waals surface area contributed by atoms with Crippen LogP contribution in [0.3, 0.4) is 0 Å². The fourth-order valence-corrected chi connectivity index (χ4v) is 1.75. The Balaban J connectivity index is 2.14. The molecule has 0 spiro atoms. The zero-order valence-corrected chi connectivity index (χ0v) is 11.3. The number of rotatable bonds is 3. The van der Waals surface area contributed by atoms with Crippen LogP contribution < -0.4 is 10.5 Å². The summed E-state index contributed by atoms with van der Waals surface area (Å²) in [5.41, 5.74) is 9.89. The van der Waals surface area contributed by atoms with Crippen LogP contribution in [0.1, 0.15) is 22.4 Å². The summed E-state index contributed by atoms with van der Waals surface area (Å²) >= 11 is 0. The van der Waals surface area contributed by atoms with Gasteiger partial charge in [-0.15, -0.1) is 0 Å². The summed E-state index contributed by atoms with van der Waals surface area (Å²) in [6.07, 6.45) is 1.72. The summed E-state index contributed by atoms with van der Waals surface area (Å²) in [6.45, 7) is 5.81. The highest BCUT2D eigenvalue weighted by Gasteiger charge is 2.07. The highest BCUT2D eigenvalue weighted by molar-refractivity contribution is 5.53. The third kappa shape index (κ3) is 2.84. The van der Waals surface area contributed by atoms with Crippen molar-refractivity contribution in [2.75, 3.05) is 5.73 Å². The Labute approximate surface area is 112 Å². The van der Waals surface area contributed by atoms with Crippen molar-refractivity contribution in [1.82, 2.24) is 4.98 Å². The van der Waals surface area contributed by atoms with Gasteiger partial charge in [0.2, 0.25) is 0 Å². The molecule has 0 aliphatic carbocycles. The lowest BCUT2D eigenvalue weighted by Gasteiger charge is -2.11. The molecule has 0 saturated carbocycles. The minimum Gasteiger partial charge on any atom is -0.487 e. The van der Waals surface area contributed by atoms with E-state index in [-0.39, 0.29) is 12.4 Å². The molecule has 0 amide bonds. The van der Waals surface area contributed by atoms with Crippen LogP contribution in [0.15, 0.2) is 24.4 Å². The zero-order chi connectivity index (χ0) is 14.0. The number of nitrogen functional groups attached to an aromatic ring is 1. The lowest BCUT2D eigenvalue weighted by Crippen LogP contribution is -2.05. The predicted octanol–water partition coefficient (Wildman–Crippen LogP) is 3.31. The van der Waals surface area contributed by atoms with Gasteiger partial charge in [0.05, 0.1) is 5.69 Å². The van der Waals surface area contributed by atoms with Crippen molar-refractivity contribution in [2.24, 2.45) is 0 Å². The second-order valence-electron chi connectivity index (χ2n) is 4.63. The minimum atomic E-state index is -0.273. The van der Waals surface area contributed by atoms with E-state index in [2.05, 4.69) is 4.98 Å². The molecule has 0 atom stereocenters. The number of anilines is 1. The van der Waals surface area contributed by atoms with Gasteiger partial charge >= 0.3 is 0 Å². The molecule has 100 valence electrons. The Bertz CT molecular complexity index is 611. The number of ether oxygens (including phenoxy) is 1. The van der Waals surface area contributed by atoms with Crippen molar-refractivity contribution in [3.63, 3.8) is 0 Å². The molecule has 0 aliphatic heterocycles. The van der Waals surface area contributed by atoms with Crippen molar-refractivity contribution in [3.05, 3.63) is 52.6 Å². The van der Waals surface area contributed by atoms with Crippen LogP contribution in [0, 0.1) is 26.6 Å². The average Bonchev–Trinajstić information content (AvgIpc) is 2.39. The smallest absolute Gasteiger partial charge is 0.131 e. The summed E-state index contributed by atoms with van der Waals surface area (Å²) in [6, 6.07) is 4.81. The van der Waals surface area contributed by atoms with Crippen LogP contribution in [-0.4, -0.2) is 4.98 Å². The van der Waals surface area contributed by atoms with E-state index >= 15 is 0 Å². The quantitative estimate of drug-likeness (QED) is 0.921. The summed E-state index contributed by atoms with van der Waals surface area (Å²) in [5, 5.41) is 0. The van der Waals surface area contributed by atoms with Crippen LogP contribution in [0.2, 0.25) is 0 Å². The molecule has 2 aromatic rings. The molecule has 0 bridgehead atoms. The normalized spacial score (nSPS) is 10.5. The van der Waals surface area contributed by atoms with E-state index in [1.807, 2.05) is 13.8 Å². The molecule has 1 aromatic heterocycles. The van der Waals surface area contributed by atoms with Crippen molar-refractivity contribution in [3.8, 4) is 5.75 Å². The van der Waals surface area contributed by atoms with E-state index in [0.29, 0.717) is 11.3 Å². The molecule has 1 heterocycles. The molecule has 0 unspecified atom stereocenters. The highest BCUT2D eigenvalue weighted by atomic mass is 19.1. The molecule has 2 N–H and O–H groups in total. The van der Waals surface area contributed by atoms with Gasteiger partial charge in [0.15, 0.2) is 0 Å². The summed E-state index contributed by atoms with van der Waals surface area (Å²) < 4.78 is 18.9. The third-order valence-electron chi connectivity index (χ3n) is 3.19. The van der Waals surface area contributed by atoms with Gasteiger partial charge in [0, 0.05) is 18.0 Å². The maximum Gasteiger partial charge on any atom is 0.131 e. The molecular weight excluding hydrogens is 243 g/mol. The van der Waals surface area contributed by atoms with Gasteiger partial charge in [0.25, 0.3) is 0 Å². The number of benzene rings is 1. The largest absolute Gasteiger partial charge is 0.487 e. The van der Waals surface area contributed by atoms with Crippen LogP contribution in [0.4, 0.5) is 10.1 Å². The van der Waals surface area contributed by atoms with E-state index in [1.54, 1.807) is 25.3 Å². The first-order valence-corrected chi connectivity index (χ1v) is 6.08. The standard InChI is InChI=1S/C15H17FN2O/c1-9-4-5-12(6-13(9)16)19-8-14-11(3)15(17)10(2)7-18-14/h4-7H,8H2,1-3H3,(H2,17,18). The van der Waals surface area contributed by atoms with Crippen LogP contribution >= 0.6 is 0 Å². The number of halogens is 1. The van der Waals surface area contributed by atoms with E-state index in [1.165, 1.54) is 6.07 Å². The van der Waals surface area contributed by atoms with Gasteiger partial charge < -0.3 is 10.5 Å². The lowest BCUT2D eigenvalue weighted by molar-refractivity contribution is 0.299. The van der Waals surface area contributed by atoms with Crippen LogP contribution in [-0.2, 0) is 6.61 Å².